The third-order valence-electron chi connectivity index (χ3n) is 2.68. The van der Waals surface area contributed by atoms with Crippen LogP contribution in [0.3, 0.4) is 0 Å². The average molecular weight is 236 g/mol. The molecule has 5 heteroatoms. The molecule has 1 aliphatic heterocycles. The highest BCUT2D eigenvalue weighted by molar-refractivity contribution is 5.95. The van der Waals surface area contributed by atoms with E-state index in [1.807, 2.05) is 0 Å². The molecule has 0 spiro atoms. The minimum atomic E-state index is -0.542. The lowest BCUT2D eigenvalue weighted by atomic mass is 10.1. The second-order valence-corrected chi connectivity index (χ2v) is 4.16. The van der Waals surface area contributed by atoms with Gasteiger partial charge in [-0.2, -0.15) is 0 Å². The van der Waals surface area contributed by atoms with Crippen LogP contribution in [0.5, 0.6) is 0 Å². The van der Waals surface area contributed by atoms with Crippen LogP contribution in [0.2, 0.25) is 0 Å². The van der Waals surface area contributed by atoms with Crippen molar-refractivity contribution in [2.75, 3.05) is 6.54 Å². The van der Waals surface area contributed by atoms with Crippen molar-refractivity contribution in [2.24, 2.45) is 0 Å². The zero-order chi connectivity index (χ0) is 12.4. The third kappa shape index (κ3) is 2.61. The van der Waals surface area contributed by atoms with Gasteiger partial charge in [0.15, 0.2) is 0 Å². The molecule has 2 N–H and O–H groups in total. The van der Waals surface area contributed by atoms with E-state index in [9.17, 15) is 14.0 Å². The number of rotatable bonds is 2. The van der Waals surface area contributed by atoms with Crippen molar-refractivity contribution in [2.45, 2.75) is 19.4 Å². The maximum absolute atomic E-state index is 13.5. The summed E-state index contributed by atoms with van der Waals surface area (Å²) in [4.78, 5) is 22.7. The first-order valence-corrected chi connectivity index (χ1v) is 5.40. The number of nitrogens with one attached hydrogen (secondary N) is 2. The van der Waals surface area contributed by atoms with E-state index in [1.165, 1.54) is 12.1 Å². The molecule has 0 aliphatic carbocycles. The van der Waals surface area contributed by atoms with Gasteiger partial charge in [-0.15, -0.1) is 0 Å². The molecule has 1 aliphatic rings. The highest BCUT2D eigenvalue weighted by Gasteiger charge is 2.24. The molecule has 0 aromatic heterocycles. The number of amides is 2. The lowest BCUT2D eigenvalue weighted by molar-refractivity contribution is -0.119. The fourth-order valence-electron chi connectivity index (χ4n) is 1.77. The molecule has 2 rings (SSSR count). The quantitative estimate of drug-likeness (QED) is 0.796. The predicted molar refractivity (Wildman–Crippen MR) is 60.0 cm³/mol. The Morgan fingerprint density at radius 1 is 1.53 bits per heavy atom. The van der Waals surface area contributed by atoms with E-state index in [-0.39, 0.29) is 23.9 Å². The number of carbonyl (C=O) groups excluding carboxylic acids is 2. The summed E-state index contributed by atoms with van der Waals surface area (Å²) in [7, 11) is 0. The smallest absolute Gasteiger partial charge is 0.254 e. The van der Waals surface area contributed by atoms with Crippen molar-refractivity contribution >= 4 is 11.8 Å². The minimum Gasteiger partial charge on any atom is -0.354 e. The van der Waals surface area contributed by atoms with Gasteiger partial charge in [0.2, 0.25) is 5.91 Å². The van der Waals surface area contributed by atoms with Crippen LogP contribution in [0.1, 0.15) is 22.3 Å². The Kier molecular flexibility index (Phi) is 3.08. The molecule has 1 aromatic rings. The van der Waals surface area contributed by atoms with Crippen LogP contribution >= 0.6 is 0 Å². The summed E-state index contributed by atoms with van der Waals surface area (Å²) in [5.74, 6) is -1.12. The van der Waals surface area contributed by atoms with Gasteiger partial charge in [0.1, 0.15) is 5.82 Å². The average Bonchev–Trinajstić information content (AvgIpc) is 2.63. The van der Waals surface area contributed by atoms with Crippen LogP contribution in [0.4, 0.5) is 4.39 Å². The largest absolute Gasteiger partial charge is 0.354 e. The predicted octanol–water partition coefficient (Wildman–Crippen LogP) is 0.752. The highest BCUT2D eigenvalue weighted by Crippen LogP contribution is 2.10. The Hall–Kier alpha value is -1.91. The Morgan fingerprint density at radius 3 is 2.88 bits per heavy atom. The second kappa shape index (κ2) is 4.53. The Bertz CT molecular complexity index is 474. The fourth-order valence-corrected chi connectivity index (χ4v) is 1.77. The lowest BCUT2D eigenvalue weighted by Gasteiger charge is -2.11. The maximum atomic E-state index is 13.5. The standard InChI is InChI=1S/C12H13FN2O2/c1-7-2-3-9(10(13)4-7)12(17)15-8-5-11(16)14-6-8/h2-4,8H,5-6H2,1H3,(H,14,16)(H,15,17). The van der Waals surface area contributed by atoms with Crippen LogP contribution in [-0.2, 0) is 4.79 Å². The zero-order valence-corrected chi connectivity index (χ0v) is 9.42. The van der Waals surface area contributed by atoms with Crippen molar-refractivity contribution in [1.29, 1.82) is 0 Å². The first-order chi connectivity index (χ1) is 8.06. The molecule has 1 saturated heterocycles. The molecule has 2 amide bonds. The lowest BCUT2D eigenvalue weighted by Crippen LogP contribution is -2.36. The minimum absolute atomic E-state index is 0.00921. The van der Waals surface area contributed by atoms with Gasteiger partial charge in [0.05, 0.1) is 11.6 Å². The van der Waals surface area contributed by atoms with Crippen LogP contribution in [0.25, 0.3) is 0 Å². The summed E-state index contributed by atoms with van der Waals surface area (Å²) >= 11 is 0. The Morgan fingerprint density at radius 2 is 2.29 bits per heavy atom. The summed E-state index contributed by atoms with van der Waals surface area (Å²) in [5.41, 5.74) is 0.770. The van der Waals surface area contributed by atoms with Crippen LogP contribution < -0.4 is 10.6 Å². The molecule has 4 nitrogen and oxygen atoms in total. The summed E-state index contributed by atoms with van der Waals surface area (Å²) in [6, 6.07) is 4.18. The van der Waals surface area contributed by atoms with Gasteiger partial charge in [0.25, 0.3) is 5.91 Å². The first kappa shape index (κ1) is 11.6. The van der Waals surface area contributed by atoms with Crippen LogP contribution in [0, 0.1) is 12.7 Å². The molecule has 1 aromatic carbocycles. The number of carbonyl (C=O) groups is 2. The molecular formula is C12H13FN2O2. The monoisotopic (exact) mass is 236 g/mol. The van der Waals surface area contributed by atoms with E-state index in [4.69, 9.17) is 0 Å². The highest BCUT2D eigenvalue weighted by atomic mass is 19.1. The van der Waals surface area contributed by atoms with Crippen molar-refractivity contribution in [1.82, 2.24) is 10.6 Å². The molecule has 1 heterocycles. The van der Waals surface area contributed by atoms with Crippen molar-refractivity contribution in [3.05, 3.63) is 35.1 Å². The van der Waals surface area contributed by atoms with Crippen molar-refractivity contribution in [3.8, 4) is 0 Å². The van der Waals surface area contributed by atoms with E-state index in [1.54, 1.807) is 13.0 Å². The number of aryl methyl sites for hydroxylation is 1. The Labute approximate surface area is 98.2 Å². The van der Waals surface area contributed by atoms with E-state index in [2.05, 4.69) is 10.6 Å². The molecule has 1 fully saturated rings. The Balaban J connectivity index is 2.07. The van der Waals surface area contributed by atoms with Gasteiger partial charge in [-0.05, 0) is 24.6 Å². The molecule has 1 atom stereocenters. The fraction of sp³-hybridized carbons (Fsp3) is 0.333. The summed E-state index contributed by atoms with van der Waals surface area (Å²) in [5, 5.41) is 5.23. The van der Waals surface area contributed by atoms with E-state index in [0.29, 0.717) is 6.54 Å². The molecule has 0 bridgehead atoms. The third-order valence-corrected chi connectivity index (χ3v) is 2.68. The number of hydrogen-bond donors (Lipinski definition) is 2. The van der Waals surface area contributed by atoms with Gasteiger partial charge in [-0.3, -0.25) is 9.59 Å². The van der Waals surface area contributed by atoms with E-state index >= 15 is 0 Å². The molecule has 17 heavy (non-hydrogen) atoms. The van der Waals surface area contributed by atoms with Crippen molar-refractivity contribution < 1.29 is 14.0 Å². The number of halogens is 1. The van der Waals surface area contributed by atoms with E-state index in [0.717, 1.165) is 5.56 Å². The summed E-state index contributed by atoms with van der Waals surface area (Å²) in [6.07, 6.45) is 0.249. The number of hydrogen-bond acceptors (Lipinski definition) is 2. The summed E-state index contributed by atoms with van der Waals surface area (Å²) < 4.78 is 13.5. The van der Waals surface area contributed by atoms with Gasteiger partial charge < -0.3 is 10.6 Å². The molecular weight excluding hydrogens is 223 g/mol. The number of benzene rings is 1. The van der Waals surface area contributed by atoms with Crippen molar-refractivity contribution in [3.63, 3.8) is 0 Å². The molecule has 90 valence electrons. The first-order valence-electron chi connectivity index (χ1n) is 5.40. The van der Waals surface area contributed by atoms with Gasteiger partial charge in [0, 0.05) is 13.0 Å². The molecule has 1 unspecified atom stereocenters. The zero-order valence-electron chi connectivity index (χ0n) is 9.42. The van der Waals surface area contributed by atoms with Gasteiger partial charge in [-0.1, -0.05) is 6.07 Å². The van der Waals surface area contributed by atoms with E-state index < -0.39 is 11.7 Å². The maximum Gasteiger partial charge on any atom is 0.254 e. The second-order valence-electron chi connectivity index (χ2n) is 4.16. The summed E-state index contributed by atoms with van der Waals surface area (Å²) in [6.45, 7) is 2.16. The van der Waals surface area contributed by atoms with Gasteiger partial charge in [-0.25, -0.2) is 4.39 Å². The molecule has 0 radical (unpaired) electrons. The van der Waals surface area contributed by atoms with Gasteiger partial charge >= 0.3 is 0 Å². The SMILES string of the molecule is Cc1ccc(C(=O)NC2CNC(=O)C2)c(F)c1. The molecule has 0 saturated carbocycles. The van der Waals surface area contributed by atoms with Crippen LogP contribution in [0.15, 0.2) is 18.2 Å². The normalized spacial score (nSPS) is 18.9. The van der Waals surface area contributed by atoms with Crippen LogP contribution in [-0.4, -0.2) is 24.4 Å². The topological polar surface area (TPSA) is 58.2 Å².